The molecule has 0 fully saturated rings. The van der Waals surface area contributed by atoms with Gasteiger partial charge in [-0.05, 0) is 55.0 Å². The number of hydrogen-bond acceptors (Lipinski definition) is 5. The van der Waals surface area contributed by atoms with E-state index in [1.165, 1.54) is 24.3 Å². The predicted octanol–water partition coefficient (Wildman–Crippen LogP) is 4.79. The highest BCUT2D eigenvalue weighted by atomic mass is 19.1. The average molecular weight is 459 g/mol. The van der Waals surface area contributed by atoms with Crippen LogP contribution < -0.4 is 20.1 Å². The molecular weight excluding hydrogens is 437 g/mol. The Balaban J connectivity index is 1.71. The molecule has 0 unspecified atom stereocenters. The SMILES string of the molecule is CCOc1cc(C=C(C#N)C(=O)Nc2ccccc2)ccc1OCC(=O)Nc1ccccc1F. The third-order valence-electron chi connectivity index (χ3n) is 4.48. The van der Waals surface area contributed by atoms with E-state index in [0.29, 0.717) is 23.6 Å². The molecule has 3 rings (SSSR count). The van der Waals surface area contributed by atoms with Crippen molar-refractivity contribution in [1.82, 2.24) is 0 Å². The van der Waals surface area contributed by atoms with E-state index in [0.717, 1.165) is 0 Å². The Labute approximate surface area is 196 Å². The van der Waals surface area contributed by atoms with Gasteiger partial charge in [-0.3, -0.25) is 9.59 Å². The molecule has 0 atom stereocenters. The van der Waals surface area contributed by atoms with Gasteiger partial charge in [0.1, 0.15) is 17.5 Å². The van der Waals surface area contributed by atoms with Gasteiger partial charge in [-0.2, -0.15) is 5.26 Å². The van der Waals surface area contributed by atoms with Crippen molar-refractivity contribution >= 4 is 29.3 Å². The first-order chi connectivity index (χ1) is 16.5. The second kappa shape index (κ2) is 11.8. The van der Waals surface area contributed by atoms with Crippen LogP contribution in [-0.2, 0) is 9.59 Å². The minimum absolute atomic E-state index is 0.0550. The number of hydrogen-bond donors (Lipinski definition) is 2. The van der Waals surface area contributed by atoms with Gasteiger partial charge in [0.2, 0.25) is 0 Å². The van der Waals surface area contributed by atoms with Crippen molar-refractivity contribution in [3.05, 3.63) is 89.8 Å². The Morgan fingerprint density at radius 1 is 0.971 bits per heavy atom. The van der Waals surface area contributed by atoms with Crippen molar-refractivity contribution in [2.24, 2.45) is 0 Å². The van der Waals surface area contributed by atoms with Crippen molar-refractivity contribution in [1.29, 1.82) is 5.26 Å². The van der Waals surface area contributed by atoms with Crippen LogP contribution in [0.15, 0.2) is 78.4 Å². The lowest BCUT2D eigenvalue weighted by atomic mass is 10.1. The van der Waals surface area contributed by atoms with E-state index < -0.39 is 17.6 Å². The van der Waals surface area contributed by atoms with Crippen LogP contribution in [-0.4, -0.2) is 25.0 Å². The number of benzene rings is 3. The van der Waals surface area contributed by atoms with Gasteiger partial charge in [-0.1, -0.05) is 36.4 Å². The predicted molar refractivity (Wildman–Crippen MR) is 127 cm³/mol. The Kier molecular flexibility index (Phi) is 8.36. The smallest absolute Gasteiger partial charge is 0.266 e. The molecule has 0 radical (unpaired) electrons. The molecule has 2 N–H and O–H groups in total. The summed E-state index contributed by atoms with van der Waals surface area (Å²) in [7, 11) is 0. The second-order valence-electron chi connectivity index (χ2n) is 6.95. The van der Waals surface area contributed by atoms with Gasteiger partial charge in [0.25, 0.3) is 11.8 Å². The maximum absolute atomic E-state index is 13.7. The standard InChI is InChI=1S/C26H22FN3O4/c1-2-33-24-15-18(14-19(16-28)26(32)29-20-8-4-3-5-9-20)12-13-23(24)34-17-25(31)30-22-11-7-6-10-21(22)27/h3-15H,2,17H2,1H3,(H,29,32)(H,30,31). The van der Waals surface area contributed by atoms with Gasteiger partial charge in [-0.25, -0.2) is 4.39 Å². The monoisotopic (exact) mass is 459 g/mol. The number of nitrogens with zero attached hydrogens (tertiary/aromatic N) is 1. The number of rotatable bonds is 9. The summed E-state index contributed by atoms with van der Waals surface area (Å²) in [6, 6.07) is 21.3. The van der Waals surface area contributed by atoms with E-state index in [1.807, 2.05) is 12.1 Å². The van der Waals surface area contributed by atoms with E-state index in [1.54, 1.807) is 55.5 Å². The number of carbonyl (C=O) groups is 2. The molecule has 7 nitrogen and oxygen atoms in total. The van der Waals surface area contributed by atoms with Crippen LogP contribution in [0, 0.1) is 17.1 Å². The molecular formula is C26H22FN3O4. The van der Waals surface area contributed by atoms with Crippen molar-refractivity contribution in [2.45, 2.75) is 6.92 Å². The number of halogens is 1. The van der Waals surface area contributed by atoms with Gasteiger partial charge in [0, 0.05) is 5.69 Å². The summed E-state index contributed by atoms with van der Waals surface area (Å²) in [5.74, 6) is -1.02. The van der Waals surface area contributed by atoms with Gasteiger partial charge in [0.15, 0.2) is 18.1 Å². The summed E-state index contributed by atoms with van der Waals surface area (Å²) in [4.78, 5) is 24.6. The van der Waals surface area contributed by atoms with Crippen LogP contribution in [0.5, 0.6) is 11.5 Å². The Morgan fingerprint density at radius 3 is 2.41 bits per heavy atom. The topological polar surface area (TPSA) is 100 Å². The summed E-state index contributed by atoms with van der Waals surface area (Å²) >= 11 is 0. The average Bonchev–Trinajstić information content (AvgIpc) is 2.84. The Hall–Kier alpha value is -4.64. The summed E-state index contributed by atoms with van der Waals surface area (Å²) in [6.07, 6.45) is 1.43. The molecule has 0 aliphatic heterocycles. The van der Waals surface area contributed by atoms with Crippen LogP contribution >= 0.6 is 0 Å². The number of para-hydroxylation sites is 2. The maximum atomic E-state index is 13.7. The maximum Gasteiger partial charge on any atom is 0.266 e. The zero-order valence-electron chi connectivity index (χ0n) is 18.4. The van der Waals surface area contributed by atoms with Gasteiger partial charge < -0.3 is 20.1 Å². The molecule has 172 valence electrons. The minimum Gasteiger partial charge on any atom is -0.490 e. The zero-order valence-corrected chi connectivity index (χ0v) is 18.4. The molecule has 34 heavy (non-hydrogen) atoms. The molecule has 3 aromatic carbocycles. The minimum atomic E-state index is -0.549. The number of amides is 2. The van der Waals surface area contributed by atoms with Crippen LogP contribution in [0.3, 0.4) is 0 Å². The number of anilines is 2. The van der Waals surface area contributed by atoms with E-state index in [-0.39, 0.29) is 23.6 Å². The normalized spacial score (nSPS) is 10.7. The molecule has 0 aliphatic rings. The lowest BCUT2D eigenvalue weighted by molar-refractivity contribution is -0.118. The molecule has 3 aromatic rings. The summed E-state index contributed by atoms with van der Waals surface area (Å²) in [5, 5.41) is 14.5. The van der Waals surface area contributed by atoms with Gasteiger partial charge >= 0.3 is 0 Å². The van der Waals surface area contributed by atoms with Crippen molar-refractivity contribution in [3.63, 3.8) is 0 Å². The number of ether oxygens (including phenoxy) is 2. The van der Waals surface area contributed by atoms with E-state index in [9.17, 15) is 19.2 Å². The number of nitriles is 1. The van der Waals surface area contributed by atoms with E-state index in [2.05, 4.69) is 10.6 Å². The Bertz CT molecular complexity index is 1240. The lowest BCUT2D eigenvalue weighted by Crippen LogP contribution is -2.21. The van der Waals surface area contributed by atoms with E-state index in [4.69, 9.17) is 9.47 Å². The fourth-order valence-electron chi connectivity index (χ4n) is 2.93. The first kappa shape index (κ1) is 24.0. The summed E-state index contributed by atoms with van der Waals surface area (Å²) in [5.41, 5.74) is 1.07. The highest BCUT2D eigenvalue weighted by Gasteiger charge is 2.13. The first-order valence-corrected chi connectivity index (χ1v) is 10.4. The third-order valence-corrected chi connectivity index (χ3v) is 4.48. The molecule has 0 aliphatic carbocycles. The molecule has 0 saturated carbocycles. The van der Waals surface area contributed by atoms with Gasteiger partial charge in [-0.15, -0.1) is 0 Å². The fraction of sp³-hybridized carbons (Fsp3) is 0.115. The van der Waals surface area contributed by atoms with Gasteiger partial charge in [0.05, 0.1) is 12.3 Å². The molecule has 0 bridgehead atoms. The van der Waals surface area contributed by atoms with Crippen LogP contribution in [0.2, 0.25) is 0 Å². The second-order valence-corrected chi connectivity index (χ2v) is 6.95. The quantitative estimate of drug-likeness (QED) is 0.354. The molecule has 0 saturated heterocycles. The molecule has 0 spiro atoms. The largest absolute Gasteiger partial charge is 0.490 e. The molecule has 2 amide bonds. The third kappa shape index (κ3) is 6.68. The zero-order chi connectivity index (χ0) is 24.3. The summed E-state index contributed by atoms with van der Waals surface area (Å²) < 4.78 is 24.8. The van der Waals surface area contributed by atoms with Crippen molar-refractivity contribution in [3.8, 4) is 17.6 Å². The number of carbonyl (C=O) groups excluding carboxylic acids is 2. The van der Waals surface area contributed by atoms with Crippen molar-refractivity contribution < 1.29 is 23.5 Å². The Morgan fingerprint density at radius 2 is 1.71 bits per heavy atom. The van der Waals surface area contributed by atoms with E-state index >= 15 is 0 Å². The van der Waals surface area contributed by atoms with Crippen molar-refractivity contribution in [2.75, 3.05) is 23.8 Å². The highest BCUT2D eigenvalue weighted by Crippen LogP contribution is 2.29. The highest BCUT2D eigenvalue weighted by molar-refractivity contribution is 6.09. The number of nitrogens with one attached hydrogen (secondary N) is 2. The van der Waals surface area contributed by atoms with Crippen LogP contribution in [0.25, 0.3) is 6.08 Å². The first-order valence-electron chi connectivity index (χ1n) is 10.4. The van der Waals surface area contributed by atoms with Crippen LogP contribution in [0.1, 0.15) is 12.5 Å². The summed E-state index contributed by atoms with van der Waals surface area (Å²) in [6.45, 7) is 1.74. The molecule has 0 aromatic heterocycles. The van der Waals surface area contributed by atoms with Crippen LogP contribution in [0.4, 0.5) is 15.8 Å². The lowest BCUT2D eigenvalue weighted by Gasteiger charge is -2.13. The molecule has 0 heterocycles. The molecule has 8 heteroatoms. The fourth-order valence-corrected chi connectivity index (χ4v) is 2.93.